The number of hydrogen-bond acceptors (Lipinski definition) is 0. The van der Waals surface area contributed by atoms with E-state index in [0.717, 1.165) is 0 Å². The predicted molar refractivity (Wildman–Crippen MR) is 91.7 cm³/mol. The fourth-order valence-corrected chi connectivity index (χ4v) is 3.78. The van der Waals surface area contributed by atoms with E-state index in [-0.39, 0.29) is 0 Å². The summed E-state index contributed by atoms with van der Waals surface area (Å²) < 4.78 is 0. The largest absolute Gasteiger partial charge is 0.0579 e. The maximum Gasteiger partial charge on any atom is -0.00995 e. The van der Waals surface area contributed by atoms with Crippen LogP contribution in [0.3, 0.4) is 0 Å². The molecule has 0 unspecified atom stereocenters. The molecule has 0 saturated heterocycles. The van der Waals surface area contributed by atoms with Gasteiger partial charge in [0.1, 0.15) is 0 Å². The van der Waals surface area contributed by atoms with Crippen molar-refractivity contribution in [3.8, 4) is 0 Å². The molecule has 0 heterocycles. The normalized spacial score (nSPS) is 28.6. The highest BCUT2D eigenvalue weighted by Gasteiger charge is 2.45. The lowest BCUT2D eigenvalue weighted by Gasteiger charge is -2.23. The van der Waals surface area contributed by atoms with Gasteiger partial charge in [0.2, 0.25) is 0 Å². The van der Waals surface area contributed by atoms with E-state index in [9.17, 15) is 0 Å². The number of hydrogen-bond donors (Lipinski definition) is 0. The predicted octanol–water partition coefficient (Wildman–Crippen LogP) is 6.09. The third kappa shape index (κ3) is 3.06. The quantitative estimate of drug-likeness (QED) is 0.585. The zero-order chi connectivity index (χ0) is 15.9. The van der Waals surface area contributed by atoms with Crippen LogP contribution >= 0.6 is 0 Å². The van der Waals surface area contributed by atoms with Gasteiger partial charge < -0.3 is 0 Å². The first-order valence-corrected chi connectivity index (χ1v) is 8.21. The second kappa shape index (κ2) is 6.63. The van der Waals surface area contributed by atoms with Gasteiger partial charge in [-0.1, -0.05) is 61.8 Å². The standard InChI is InChI=1S/C21H30/c1-12-13(2)17(6)20(16(12)5)10-9-11-21-18(7)14(3)15(4)19(21)8/h9-11H2,1-8H3. The highest BCUT2D eigenvalue weighted by atomic mass is 14.5. The van der Waals surface area contributed by atoms with E-state index in [2.05, 4.69) is 55.4 Å². The molecule has 0 aromatic carbocycles. The Bertz CT molecular complexity index is 273. The van der Waals surface area contributed by atoms with Crippen molar-refractivity contribution in [2.75, 3.05) is 0 Å². The van der Waals surface area contributed by atoms with Gasteiger partial charge in [-0.3, -0.25) is 0 Å². The molecule has 2 saturated carbocycles. The summed E-state index contributed by atoms with van der Waals surface area (Å²) in [5.74, 6) is 15.3. The highest BCUT2D eigenvalue weighted by molar-refractivity contribution is 5.60. The molecule has 0 aromatic rings. The van der Waals surface area contributed by atoms with Gasteiger partial charge in [-0.15, -0.1) is 0 Å². The first kappa shape index (κ1) is 17.4. The van der Waals surface area contributed by atoms with Gasteiger partial charge in [-0.2, -0.15) is 0 Å². The Kier molecular flexibility index (Phi) is 5.48. The molecule has 0 bridgehead atoms. The van der Waals surface area contributed by atoms with Crippen LogP contribution in [0.25, 0.3) is 0 Å². The Hall–Kier alpha value is 0. The van der Waals surface area contributed by atoms with Crippen molar-refractivity contribution < 1.29 is 0 Å². The lowest BCUT2D eigenvalue weighted by atomic mass is 9.81. The van der Waals surface area contributed by atoms with Crippen LogP contribution in [0.1, 0.15) is 74.7 Å². The molecule has 2 aliphatic rings. The molecule has 0 nitrogen and oxygen atoms in total. The van der Waals surface area contributed by atoms with Gasteiger partial charge >= 0.3 is 0 Å². The Balaban J connectivity index is 1.85. The van der Waals surface area contributed by atoms with Crippen LogP contribution in [0.5, 0.6) is 0 Å². The van der Waals surface area contributed by atoms with Crippen molar-refractivity contribution >= 4 is 0 Å². The zero-order valence-electron chi connectivity index (χ0n) is 15.1. The van der Waals surface area contributed by atoms with Gasteiger partial charge in [0.15, 0.2) is 0 Å². The van der Waals surface area contributed by atoms with E-state index < -0.39 is 0 Å². The average Bonchev–Trinajstić information content (AvgIpc) is 2.76. The van der Waals surface area contributed by atoms with Crippen LogP contribution in [-0.2, 0) is 0 Å². The molecule has 2 rings (SSSR count). The van der Waals surface area contributed by atoms with Crippen molar-refractivity contribution in [1.82, 2.24) is 0 Å². The van der Waals surface area contributed by atoms with E-state index >= 15 is 0 Å². The average molecular weight is 282 g/mol. The van der Waals surface area contributed by atoms with Crippen LogP contribution in [-0.4, -0.2) is 0 Å². The second-order valence-corrected chi connectivity index (χ2v) is 6.81. The summed E-state index contributed by atoms with van der Waals surface area (Å²) in [7, 11) is 0. The Morgan fingerprint density at radius 2 is 0.619 bits per heavy atom. The summed E-state index contributed by atoms with van der Waals surface area (Å²) in [5, 5.41) is 0. The summed E-state index contributed by atoms with van der Waals surface area (Å²) in [4.78, 5) is 0. The highest BCUT2D eigenvalue weighted by Crippen LogP contribution is 2.56. The minimum Gasteiger partial charge on any atom is -0.0579 e. The monoisotopic (exact) mass is 282 g/mol. The van der Waals surface area contributed by atoms with Crippen molar-refractivity contribution in [3.05, 3.63) is 59.2 Å². The zero-order valence-corrected chi connectivity index (χ0v) is 15.1. The van der Waals surface area contributed by atoms with Gasteiger partial charge in [-0.25, -0.2) is 0 Å². The van der Waals surface area contributed by atoms with Crippen LogP contribution in [0, 0.1) is 59.2 Å². The van der Waals surface area contributed by atoms with E-state index in [1.54, 1.807) is 11.8 Å². The molecule has 0 aromatic heterocycles. The van der Waals surface area contributed by atoms with E-state index in [4.69, 9.17) is 0 Å². The summed E-state index contributed by atoms with van der Waals surface area (Å²) in [6.07, 6.45) is 3.69. The molecule has 0 aliphatic heterocycles. The van der Waals surface area contributed by atoms with Crippen molar-refractivity contribution in [3.63, 3.8) is 0 Å². The summed E-state index contributed by atoms with van der Waals surface area (Å²) in [6.45, 7) is 18.2. The van der Waals surface area contributed by atoms with Gasteiger partial charge in [-0.05, 0) is 72.0 Å². The summed E-state index contributed by atoms with van der Waals surface area (Å²) in [6, 6.07) is 0. The maximum absolute atomic E-state index is 2.29. The SMILES string of the molecule is C[C]1[C](C)[C](C)[C](CCC[C]2[C](C)[C](C)[C](C)[C]2C)[C]1C. The van der Waals surface area contributed by atoms with Gasteiger partial charge in [0.25, 0.3) is 0 Å². The first-order chi connectivity index (χ1) is 9.77. The van der Waals surface area contributed by atoms with E-state index in [1.807, 2.05) is 0 Å². The second-order valence-electron chi connectivity index (χ2n) is 6.81. The smallest absolute Gasteiger partial charge is 0.00995 e. The van der Waals surface area contributed by atoms with Crippen molar-refractivity contribution in [2.45, 2.75) is 74.7 Å². The van der Waals surface area contributed by atoms with Crippen molar-refractivity contribution in [2.24, 2.45) is 0 Å². The minimum atomic E-state index is 1.22. The minimum absolute atomic E-state index is 1.22. The fourth-order valence-electron chi connectivity index (χ4n) is 3.78. The van der Waals surface area contributed by atoms with E-state index in [0.29, 0.717) is 0 Å². The van der Waals surface area contributed by atoms with Crippen LogP contribution in [0.2, 0.25) is 0 Å². The van der Waals surface area contributed by atoms with Gasteiger partial charge in [0.05, 0.1) is 0 Å². The van der Waals surface area contributed by atoms with Crippen LogP contribution < -0.4 is 0 Å². The molecule has 2 aliphatic carbocycles. The molecular formula is C21H30. The van der Waals surface area contributed by atoms with Gasteiger partial charge in [0, 0.05) is 0 Å². The lowest BCUT2D eigenvalue weighted by Crippen LogP contribution is -2.10. The molecular weight excluding hydrogens is 252 g/mol. The molecule has 0 amide bonds. The third-order valence-electron chi connectivity index (χ3n) is 6.04. The van der Waals surface area contributed by atoms with E-state index in [1.165, 1.54) is 66.6 Å². The molecule has 0 spiro atoms. The molecule has 0 N–H and O–H groups in total. The number of rotatable bonds is 4. The molecule has 0 heteroatoms. The Morgan fingerprint density at radius 1 is 0.381 bits per heavy atom. The Labute approximate surface area is 134 Å². The fraction of sp³-hybridized carbons (Fsp3) is 0.524. The van der Waals surface area contributed by atoms with Crippen LogP contribution in [0.4, 0.5) is 0 Å². The Morgan fingerprint density at radius 3 is 0.857 bits per heavy atom. The molecule has 21 heavy (non-hydrogen) atoms. The molecule has 0 atom stereocenters. The van der Waals surface area contributed by atoms with Crippen LogP contribution in [0.15, 0.2) is 0 Å². The molecule has 10 radical (unpaired) electrons. The third-order valence-corrected chi connectivity index (χ3v) is 6.04. The summed E-state index contributed by atoms with van der Waals surface area (Å²) in [5.41, 5.74) is 0. The topological polar surface area (TPSA) is 0 Å². The molecule has 114 valence electrons. The first-order valence-electron chi connectivity index (χ1n) is 8.21. The lowest BCUT2D eigenvalue weighted by molar-refractivity contribution is 0.680. The summed E-state index contributed by atoms with van der Waals surface area (Å²) >= 11 is 0. The molecule has 2 fully saturated rings. The maximum atomic E-state index is 2.29. The van der Waals surface area contributed by atoms with Crippen molar-refractivity contribution in [1.29, 1.82) is 0 Å².